The van der Waals surface area contributed by atoms with Gasteiger partial charge in [0.05, 0.1) is 0 Å². The van der Waals surface area contributed by atoms with E-state index in [0.29, 0.717) is 41.8 Å². The summed E-state index contributed by atoms with van der Waals surface area (Å²) < 4.78 is 0. The highest BCUT2D eigenvalue weighted by Crippen LogP contribution is 2.68. The highest BCUT2D eigenvalue weighted by Gasteiger charge is 2.61. The number of aromatic nitrogens is 2. The van der Waals surface area contributed by atoms with Crippen molar-refractivity contribution < 1.29 is 9.90 Å². The second kappa shape index (κ2) is 7.01. The van der Waals surface area contributed by atoms with Gasteiger partial charge in [0.1, 0.15) is 5.78 Å². The molecule has 29 heavy (non-hydrogen) atoms. The minimum absolute atomic E-state index is 0.169. The van der Waals surface area contributed by atoms with E-state index in [1.54, 1.807) is 0 Å². The molecule has 0 aliphatic heterocycles. The van der Waals surface area contributed by atoms with E-state index in [1.807, 2.05) is 18.5 Å². The number of nitrogens with zero attached hydrogens (tertiary/aromatic N) is 2. The predicted octanol–water partition coefficient (Wildman–Crippen LogP) is 4.69. The summed E-state index contributed by atoms with van der Waals surface area (Å²) in [5.74, 6) is 4.24. The summed E-state index contributed by atoms with van der Waals surface area (Å²) in [6.45, 7) is 5.14. The number of ketones is 1. The van der Waals surface area contributed by atoms with E-state index < -0.39 is 0 Å². The fourth-order valence-electron chi connectivity index (χ4n) is 8.20. The van der Waals surface area contributed by atoms with Crippen molar-refractivity contribution in [1.82, 2.24) is 9.97 Å². The molecule has 7 atom stereocenters. The molecule has 1 aromatic rings. The van der Waals surface area contributed by atoms with Gasteiger partial charge in [-0.25, -0.2) is 9.97 Å². The maximum atomic E-state index is 12.4. The van der Waals surface area contributed by atoms with E-state index in [2.05, 4.69) is 29.9 Å². The quantitative estimate of drug-likeness (QED) is 0.808. The molecular weight excluding hydrogens is 360 g/mol. The Bertz CT molecular complexity index is 821. The first-order valence-corrected chi connectivity index (χ1v) is 11.6. The molecule has 1 aromatic heterocycles. The van der Waals surface area contributed by atoms with Crippen molar-refractivity contribution in [3.63, 3.8) is 0 Å². The Kier molecular flexibility index (Phi) is 4.69. The van der Waals surface area contributed by atoms with Crippen LogP contribution in [-0.2, 0) is 4.79 Å². The molecule has 4 aliphatic carbocycles. The van der Waals surface area contributed by atoms with E-state index in [0.717, 1.165) is 25.1 Å². The third-order valence-electron chi connectivity index (χ3n) is 9.66. The number of hydrogen-bond acceptors (Lipinski definition) is 4. The van der Waals surface area contributed by atoms with Gasteiger partial charge < -0.3 is 5.11 Å². The Hall–Kier alpha value is -1.55. The zero-order valence-electron chi connectivity index (χ0n) is 17.8. The number of hydrogen-bond donors (Lipinski definition) is 1. The Labute approximate surface area is 174 Å². The average molecular weight is 395 g/mol. The van der Waals surface area contributed by atoms with Crippen LogP contribution < -0.4 is 0 Å². The van der Waals surface area contributed by atoms with Crippen LogP contribution in [-0.4, -0.2) is 27.5 Å². The Morgan fingerprint density at radius 2 is 1.90 bits per heavy atom. The Morgan fingerprint density at radius 1 is 1.10 bits per heavy atom. The predicted molar refractivity (Wildman–Crippen MR) is 113 cm³/mol. The third-order valence-corrected chi connectivity index (χ3v) is 9.66. The van der Waals surface area contributed by atoms with E-state index >= 15 is 0 Å². The van der Waals surface area contributed by atoms with Gasteiger partial charge in [-0.3, -0.25) is 4.79 Å². The van der Waals surface area contributed by atoms with Crippen molar-refractivity contribution >= 4 is 11.4 Å². The van der Waals surface area contributed by atoms with Gasteiger partial charge in [0.15, 0.2) is 5.82 Å². The number of carbonyl (C=O) groups excluding carboxylic acids is 1. The highest BCUT2D eigenvalue weighted by molar-refractivity contribution is 5.80. The number of aliphatic hydroxyl groups excluding tert-OH is 1. The molecule has 4 heteroatoms. The molecule has 1 N–H and O–H groups in total. The highest BCUT2D eigenvalue weighted by atomic mass is 16.3. The Morgan fingerprint density at radius 3 is 2.66 bits per heavy atom. The van der Waals surface area contributed by atoms with Crippen LogP contribution in [0, 0.1) is 40.4 Å². The standard InChI is InChI=1S/C25H34N2O2/c1-24-10-8-21-19(20(24)6-7-22(24)23-26-11-3-12-27-23)5-4-16-14-18(29)15-17(9-13-28)25(16,21)2/h3,7,11-12,16-17,19-21,28H,4-6,8-10,13-15H2,1-2H3/t16?,17?,19-,20-,21-,24-,25+/m0/s1. The van der Waals surface area contributed by atoms with Crippen molar-refractivity contribution in [2.75, 3.05) is 6.61 Å². The molecule has 0 saturated heterocycles. The smallest absolute Gasteiger partial charge is 0.155 e. The summed E-state index contributed by atoms with van der Waals surface area (Å²) in [5.41, 5.74) is 1.73. The molecule has 1 heterocycles. The molecule has 0 spiro atoms. The van der Waals surface area contributed by atoms with Gasteiger partial charge >= 0.3 is 0 Å². The van der Waals surface area contributed by atoms with Gasteiger partial charge in [0, 0.05) is 31.8 Å². The summed E-state index contributed by atoms with van der Waals surface area (Å²) in [5, 5.41) is 9.72. The monoisotopic (exact) mass is 394 g/mol. The zero-order valence-corrected chi connectivity index (χ0v) is 17.8. The van der Waals surface area contributed by atoms with Crippen LogP contribution in [0.2, 0.25) is 0 Å². The maximum Gasteiger partial charge on any atom is 0.155 e. The summed E-state index contributed by atoms with van der Waals surface area (Å²) in [6, 6.07) is 1.89. The normalized spacial score (nSPS) is 43.9. The molecule has 4 aliphatic rings. The third kappa shape index (κ3) is 2.78. The molecule has 0 bridgehead atoms. The second-order valence-corrected chi connectivity index (χ2v) is 10.6. The van der Waals surface area contributed by atoms with E-state index in [4.69, 9.17) is 0 Å². The van der Waals surface area contributed by atoms with Crippen molar-refractivity contribution in [1.29, 1.82) is 0 Å². The first kappa shape index (κ1) is 19.4. The number of Topliss-reactive ketones (excluding diaryl/α,β-unsaturated/α-hetero) is 1. The summed E-state index contributed by atoms with van der Waals surface area (Å²) >= 11 is 0. The van der Waals surface area contributed by atoms with Crippen LogP contribution >= 0.6 is 0 Å². The van der Waals surface area contributed by atoms with Crippen molar-refractivity contribution in [2.24, 2.45) is 40.4 Å². The lowest BCUT2D eigenvalue weighted by Crippen LogP contribution is -2.56. The fraction of sp³-hybridized carbons (Fsp3) is 0.720. The largest absolute Gasteiger partial charge is 0.396 e. The fourth-order valence-corrected chi connectivity index (χ4v) is 8.20. The molecule has 0 radical (unpaired) electrons. The van der Waals surface area contributed by atoms with Gasteiger partial charge in [0.25, 0.3) is 0 Å². The first-order chi connectivity index (χ1) is 14.0. The molecule has 156 valence electrons. The lowest BCUT2D eigenvalue weighted by molar-refractivity contribution is -0.151. The minimum Gasteiger partial charge on any atom is -0.396 e. The second-order valence-electron chi connectivity index (χ2n) is 10.6. The lowest BCUT2D eigenvalue weighted by Gasteiger charge is -2.62. The van der Waals surface area contributed by atoms with Gasteiger partial charge in [-0.1, -0.05) is 19.9 Å². The number of aliphatic hydroxyl groups is 1. The first-order valence-electron chi connectivity index (χ1n) is 11.6. The molecule has 0 aromatic carbocycles. The van der Waals surface area contributed by atoms with Crippen molar-refractivity contribution in [3.05, 3.63) is 30.4 Å². The van der Waals surface area contributed by atoms with Crippen LogP contribution in [0.4, 0.5) is 0 Å². The van der Waals surface area contributed by atoms with Crippen LogP contribution in [0.3, 0.4) is 0 Å². The van der Waals surface area contributed by atoms with Crippen molar-refractivity contribution in [3.8, 4) is 0 Å². The number of carbonyl (C=O) groups is 1. The molecule has 3 fully saturated rings. The molecule has 0 amide bonds. The van der Waals surface area contributed by atoms with Crippen LogP contribution in [0.25, 0.3) is 5.57 Å². The molecule has 4 nitrogen and oxygen atoms in total. The SMILES string of the molecule is C[C@]12C(CCO)CC(=O)CC1CC[C@@H]1[C@@H]2CC[C@]2(C)C(c3ncccn3)=CC[C@@H]12. The van der Waals surface area contributed by atoms with Crippen molar-refractivity contribution in [2.45, 2.75) is 65.2 Å². The van der Waals surface area contributed by atoms with Crippen LogP contribution in [0.15, 0.2) is 24.5 Å². The lowest BCUT2D eigenvalue weighted by atomic mass is 9.42. The van der Waals surface area contributed by atoms with Gasteiger partial charge in [-0.05, 0) is 90.6 Å². The van der Waals surface area contributed by atoms with Crippen LogP contribution in [0.5, 0.6) is 0 Å². The topological polar surface area (TPSA) is 63.1 Å². The zero-order chi connectivity index (χ0) is 20.2. The molecule has 2 unspecified atom stereocenters. The number of rotatable bonds is 3. The van der Waals surface area contributed by atoms with Crippen LogP contribution in [0.1, 0.15) is 71.0 Å². The summed E-state index contributed by atoms with van der Waals surface area (Å²) in [6.07, 6.45) is 14.3. The summed E-state index contributed by atoms with van der Waals surface area (Å²) in [7, 11) is 0. The van der Waals surface area contributed by atoms with Gasteiger partial charge in [-0.2, -0.15) is 0 Å². The van der Waals surface area contributed by atoms with E-state index in [-0.39, 0.29) is 17.4 Å². The average Bonchev–Trinajstić information content (AvgIpc) is 3.07. The van der Waals surface area contributed by atoms with E-state index in [9.17, 15) is 9.90 Å². The molecule has 5 rings (SSSR count). The van der Waals surface area contributed by atoms with Gasteiger partial charge in [0.2, 0.25) is 0 Å². The number of allylic oxidation sites excluding steroid dienone is 2. The maximum absolute atomic E-state index is 12.4. The van der Waals surface area contributed by atoms with E-state index in [1.165, 1.54) is 31.3 Å². The van der Waals surface area contributed by atoms with Gasteiger partial charge in [-0.15, -0.1) is 0 Å². The molecule has 3 saturated carbocycles. The minimum atomic E-state index is 0.169. The molecular formula is C25H34N2O2. The Balaban J connectivity index is 1.46. The summed E-state index contributed by atoms with van der Waals surface area (Å²) in [4.78, 5) is 21.6. The number of fused-ring (bicyclic) bond motifs is 5.